The number of non-ortho nitro benzene ring substituents is 1. The van der Waals surface area contributed by atoms with Gasteiger partial charge >= 0.3 is 6.09 Å². The number of amides is 1. The van der Waals surface area contributed by atoms with Crippen molar-refractivity contribution in [2.75, 3.05) is 49.5 Å². The maximum absolute atomic E-state index is 12.1. The standard InChI is InChI=1S/C32H36N4O7/c1-2-18-41-32(38)33-26-5-3-4-25(19-26)31-42-29(20-30(43-31)24-8-6-23(22-37)7-9-24)21-34-14-16-35(17-15-34)27-10-12-28(13-11-27)36(39)40/h2-13,19,29-31,37H,1,14-18,20-22H2,(H,33,38)/t29-,30+,31+/m1/s1. The summed E-state index contributed by atoms with van der Waals surface area (Å²) in [6.45, 7) is 7.60. The van der Waals surface area contributed by atoms with E-state index in [4.69, 9.17) is 14.2 Å². The fourth-order valence-corrected chi connectivity index (χ4v) is 5.35. The molecule has 3 aromatic carbocycles. The number of nitrogens with zero attached hydrogens (tertiary/aromatic N) is 3. The predicted octanol–water partition coefficient (Wildman–Crippen LogP) is 5.19. The molecular weight excluding hydrogens is 552 g/mol. The number of piperazine rings is 1. The van der Waals surface area contributed by atoms with Crippen LogP contribution in [0.5, 0.6) is 0 Å². The van der Waals surface area contributed by atoms with Crippen molar-refractivity contribution in [3.05, 3.63) is 112 Å². The summed E-state index contributed by atoms with van der Waals surface area (Å²) in [5.74, 6) is 0. The van der Waals surface area contributed by atoms with Crippen molar-refractivity contribution in [1.82, 2.24) is 4.90 Å². The second-order valence-corrected chi connectivity index (χ2v) is 10.5. The smallest absolute Gasteiger partial charge is 0.411 e. The Bertz CT molecular complexity index is 1390. The van der Waals surface area contributed by atoms with Gasteiger partial charge < -0.3 is 24.2 Å². The molecule has 3 atom stereocenters. The molecule has 2 aliphatic rings. The lowest BCUT2D eigenvalue weighted by Crippen LogP contribution is -2.49. The van der Waals surface area contributed by atoms with E-state index < -0.39 is 12.4 Å². The van der Waals surface area contributed by atoms with Gasteiger partial charge in [0, 0.05) is 68.2 Å². The lowest BCUT2D eigenvalue weighted by molar-refractivity contribution is -0.384. The lowest BCUT2D eigenvalue weighted by Gasteiger charge is -2.41. The Balaban J connectivity index is 1.27. The summed E-state index contributed by atoms with van der Waals surface area (Å²) >= 11 is 0. The minimum atomic E-state index is -0.659. The third-order valence-corrected chi connectivity index (χ3v) is 7.61. The van der Waals surface area contributed by atoms with Crippen LogP contribution in [0.2, 0.25) is 0 Å². The topological polar surface area (TPSA) is 127 Å². The second kappa shape index (κ2) is 14.3. The zero-order valence-electron chi connectivity index (χ0n) is 23.8. The molecule has 43 heavy (non-hydrogen) atoms. The fourth-order valence-electron chi connectivity index (χ4n) is 5.35. The van der Waals surface area contributed by atoms with Crippen molar-refractivity contribution >= 4 is 23.2 Å². The van der Waals surface area contributed by atoms with Crippen LogP contribution < -0.4 is 10.2 Å². The van der Waals surface area contributed by atoms with Crippen LogP contribution in [0.4, 0.5) is 21.9 Å². The number of rotatable bonds is 10. The maximum Gasteiger partial charge on any atom is 0.411 e. The number of anilines is 2. The normalized spacial score (nSPS) is 20.8. The van der Waals surface area contributed by atoms with E-state index in [0.717, 1.165) is 48.6 Å². The molecule has 1 amide bonds. The van der Waals surface area contributed by atoms with Crippen LogP contribution in [0.15, 0.2) is 85.5 Å². The molecule has 2 fully saturated rings. The summed E-state index contributed by atoms with van der Waals surface area (Å²) in [5, 5.41) is 23.2. The number of carbonyl (C=O) groups is 1. The summed E-state index contributed by atoms with van der Waals surface area (Å²) in [4.78, 5) is 27.3. The van der Waals surface area contributed by atoms with Crippen LogP contribution in [-0.2, 0) is 20.8 Å². The first-order valence-corrected chi connectivity index (χ1v) is 14.3. The van der Waals surface area contributed by atoms with E-state index in [0.29, 0.717) is 18.7 Å². The molecule has 0 bridgehead atoms. The van der Waals surface area contributed by atoms with Crippen molar-refractivity contribution in [3.63, 3.8) is 0 Å². The predicted molar refractivity (Wildman–Crippen MR) is 162 cm³/mol. The van der Waals surface area contributed by atoms with E-state index in [1.807, 2.05) is 42.5 Å². The van der Waals surface area contributed by atoms with Gasteiger partial charge in [-0.1, -0.05) is 49.1 Å². The molecule has 2 aliphatic heterocycles. The molecule has 0 aliphatic carbocycles. The largest absolute Gasteiger partial charge is 0.445 e. The molecule has 0 radical (unpaired) electrons. The number of benzene rings is 3. The van der Waals surface area contributed by atoms with Crippen molar-refractivity contribution in [2.45, 2.75) is 31.5 Å². The average Bonchev–Trinajstić information content (AvgIpc) is 3.04. The van der Waals surface area contributed by atoms with Gasteiger partial charge in [0.05, 0.1) is 23.7 Å². The number of nitro groups is 1. The first-order valence-electron chi connectivity index (χ1n) is 14.3. The van der Waals surface area contributed by atoms with Gasteiger partial charge in [0.15, 0.2) is 6.29 Å². The molecule has 0 aromatic heterocycles. The van der Waals surface area contributed by atoms with E-state index in [2.05, 4.69) is 21.7 Å². The molecule has 0 unspecified atom stereocenters. The van der Waals surface area contributed by atoms with E-state index in [1.54, 1.807) is 30.3 Å². The van der Waals surface area contributed by atoms with Gasteiger partial charge in [-0.25, -0.2) is 4.79 Å². The highest BCUT2D eigenvalue weighted by molar-refractivity contribution is 5.84. The van der Waals surface area contributed by atoms with Gasteiger partial charge in [-0.05, 0) is 35.4 Å². The van der Waals surface area contributed by atoms with E-state index >= 15 is 0 Å². The number of carbonyl (C=O) groups excluding carboxylic acids is 1. The minimum absolute atomic E-state index is 0.0267. The Morgan fingerprint density at radius 3 is 2.47 bits per heavy atom. The quantitative estimate of drug-likeness (QED) is 0.187. The highest BCUT2D eigenvalue weighted by Crippen LogP contribution is 2.39. The Hall–Kier alpha value is -4.29. The first-order chi connectivity index (χ1) is 20.9. The lowest BCUT2D eigenvalue weighted by atomic mass is 9.99. The van der Waals surface area contributed by atoms with Crippen LogP contribution in [0.25, 0.3) is 0 Å². The molecule has 0 spiro atoms. The number of nitro benzene ring substituents is 1. The summed E-state index contributed by atoms with van der Waals surface area (Å²) < 4.78 is 18.0. The fraction of sp³-hybridized carbons (Fsp3) is 0.344. The van der Waals surface area contributed by atoms with Gasteiger partial charge in [-0.3, -0.25) is 20.3 Å². The molecule has 2 N–H and O–H groups in total. The van der Waals surface area contributed by atoms with Gasteiger partial charge in [0.1, 0.15) is 6.61 Å². The van der Waals surface area contributed by atoms with Crippen molar-refractivity contribution in [3.8, 4) is 0 Å². The Morgan fingerprint density at radius 1 is 1.05 bits per heavy atom. The van der Waals surface area contributed by atoms with Gasteiger partial charge in [0.25, 0.3) is 5.69 Å². The average molecular weight is 589 g/mol. The molecule has 11 nitrogen and oxygen atoms in total. The molecule has 3 aromatic rings. The number of hydrogen-bond acceptors (Lipinski definition) is 9. The molecule has 2 saturated heterocycles. The van der Waals surface area contributed by atoms with Crippen LogP contribution in [0.3, 0.4) is 0 Å². The summed E-state index contributed by atoms with van der Waals surface area (Å²) in [5.41, 5.74) is 4.22. The van der Waals surface area contributed by atoms with Crippen LogP contribution in [-0.4, -0.2) is 66.5 Å². The number of nitrogens with one attached hydrogen (secondary N) is 1. The van der Waals surface area contributed by atoms with Crippen molar-refractivity contribution in [2.24, 2.45) is 0 Å². The van der Waals surface area contributed by atoms with Gasteiger partial charge in [-0.15, -0.1) is 0 Å². The van der Waals surface area contributed by atoms with Crippen LogP contribution in [0, 0.1) is 10.1 Å². The second-order valence-electron chi connectivity index (χ2n) is 10.5. The van der Waals surface area contributed by atoms with Crippen molar-refractivity contribution < 1.29 is 29.0 Å². The summed E-state index contributed by atoms with van der Waals surface area (Å²) in [6.07, 6.45) is 0.573. The van der Waals surface area contributed by atoms with E-state index in [-0.39, 0.29) is 36.0 Å². The first kappa shape index (κ1) is 30.2. The summed E-state index contributed by atoms with van der Waals surface area (Å²) in [6, 6.07) is 21.8. The van der Waals surface area contributed by atoms with E-state index in [1.165, 1.54) is 6.08 Å². The highest BCUT2D eigenvalue weighted by Gasteiger charge is 2.34. The Morgan fingerprint density at radius 2 is 1.79 bits per heavy atom. The van der Waals surface area contributed by atoms with Crippen molar-refractivity contribution in [1.29, 1.82) is 0 Å². The zero-order valence-corrected chi connectivity index (χ0v) is 23.8. The monoisotopic (exact) mass is 588 g/mol. The molecule has 5 rings (SSSR count). The van der Waals surface area contributed by atoms with Gasteiger partial charge in [0.2, 0.25) is 0 Å². The molecule has 226 valence electrons. The SMILES string of the molecule is C=CCOC(=O)Nc1cccc([C@H]2O[C@@H](CN3CCN(c4ccc([N+](=O)[O-])cc4)CC3)C[C@@H](c3ccc(CO)cc3)O2)c1. The number of aliphatic hydroxyl groups is 1. The number of hydrogen-bond donors (Lipinski definition) is 2. The summed E-state index contributed by atoms with van der Waals surface area (Å²) in [7, 11) is 0. The zero-order chi connectivity index (χ0) is 30.2. The maximum atomic E-state index is 12.1. The van der Waals surface area contributed by atoms with E-state index in [9.17, 15) is 20.0 Å². The highest BCUT2D eigenvalue weighted by atomic mass is 16.7. The van der Waals surface area contributed by atoms with Crippen LogP contribution in [0.1, 0.15) is 35.5 Å². The molecule has 2 heterocycles. The number of ether oxygens (including phenoxy) is 3. The molecule has 0 saturated carbocycles. The molecule has 11 heteroatoms. The third-order valence-electron chi connectivity index (χ3n) is 7.61. The number of aliphatic hydroxyl groups excluding tert-OH is 1. The molecular formula is C32H36N4O7. The third kappa shape index (κ3) is 7.96. The Kier molecular flexibility index (Phi) is 10.0. The Labute approximate surface area is 250 Å². The van der Waals surface area contributed by atoms with Crippen LogP contribution >= 0.6 is 0 Å². The minimum Gasteiger partial charge on any atom is -0.445 e. The van der Waals surface area contributed by atoms with Gasteiger partial charge in [-0.2, -0.15) is 0 Å².